The van der Waals surface area contributed by atoms with E-state index in [4.69, 9.17) is 9.47 Å². The highest BCUT2D eigenvalue weighted by Gasteiger charge is 2.02. The van der Waals surface area contributed by atoms with Gasteiger partial charge in [0.15, 0.2) is 0 Å². The number of hydrogen-bond acceptors (Lipinski definition) is 4. The summed E-state index contributed by atoms with van der Waals surface area (Å²) in [6, 6.07) is 0. The van der Waals surface area contributed by atoms with Crippen molar-refractivity contribution < 1.29 is 19.1 Å². The van der Waals surface area contributed by atoms with Gasteiger partial charge in [0.1, 0.15) is 0 Å². The highest BCUT2D eigenvalue weighted by Crippen LogP contribution is 2.13. The van der Waals surface area contributed by atoms with Crippen LogP contribution in [0.1, 0.15) is 168 Å². The van der Waals surface area contributed by atoms with Crippen LogP contribution in [0.4, 0.5) is 0 Å². The fourth-order valence-electron chi connectivity index (χ4n) is 4.46. The molecule has 0 aliphatic carbocycles. The number of ether oxygens (including phenoxy) is 2. The minimum absolute atomic E-state index is 0.425. The molecule has 0 heterocycles. The lowest BCUT2D eigenvalue weighted by atomic mass is 10.1. The lowest BCUT2D eigenvalue weighted by molar-refractivity contribution is -0.140. The predicted octanol–water partition coefficient (Wildman–Crippen LogP) is 10.0. The standard InChI is InChI=1S/C32H60O4/c1-3-5-7-9-11-13-15-17-19-21-23-25-29-35-31(33)27-28-32(34)36-30-26-24-22-20-18-16-14-12-10-8-6-4-2/h27-28H,3-26,29-30H2,1-2H3/b28-27-. The number of carbonyl (C=O) groups excluding carboxylic acids is 2. The van der Waals surface area contributed by atoms with Crippen molar-refractivity contribution >= 4 is 11.9 Å². The monoisotopic (exact) mass is 508 g/mol. The van der Waals surface area contributed by atoms with E-state index in [1.807, 2.05) is 0 Å². The maximum absolute atomic E-state index is 11.7. The van der Waals surface area contributed by atoms with Gasteiger partial charge in [-0.15, -0.1) is 0 Å². The lowest BCUT2D eigenvalue weighted by Gasteiger charge is -2.04. The molecule has 0 N–H and O–H groups in total. The summed E-state index contributed by atoms with van der Waals surface area (Å²) in [5, 5.41) is 0. The van der Waals surface area contributed by atoms with E-state index >= 15 is 0 Å². The third-order valence-electron chi connectivity index (χ3n) is 6.84. The molecule has 0 unspecified atom stereocenters. The Hall–Kier alpha value is -1.32. The Labute approximate surface area is 224 Å². The smallest absolute Gasteiger partial charge is 0.331 e. The molecule has 0 amide bonds. The van der Waals surface area contributed by atoms with Crippen molar-refractivity contribution in [1.82, 2.24) is 0 Å². The Morgan fingerprint density at radius 3 is 0.861 bits per heavy atom. The van der Waals surface area contributed by atoms with E-state index in [0.29, 0.717) is 13.2 Å². The average Bonchev–Trinajstić information content (AvgIpc) is 2.88. The first-order valence-electron chi connectivity index (χ1n) is 15.7. The van der Waals surface area contributed by atoms with Crippen LogP contribution >= 0.6 is 0 Å². The summed E-state index contributed by atoms with van der Waals surface area (Å²) in [6.07, 6.45) is 33.1. The molecule has 36 heavy (non-hydrogen) atoms. The molecule has 212 valence electrons. The Kier molecular flexibility index (Phi) is 28.8. The van der Waals surface area contributed by atoms with Gasteiger partial charge in [-0.2, -0.15) is 0 Å². The van der Waals surface area contributed by atoms with Gasteiger partial charge >= 0.3 is 11.9 Å². The third-order valence-corrected chi connectivity index (χ3v) is 6.84. The zero-order valence-corrected chi connectivity index (χ0v) is 24.2. The number of hydrogen-bond donors (Lipinski definition) is 0. The van der Waals surface area contributed by atoms with Gasteiger partial charge in [-0.05, 0) is 12.8 Å². The number of carbonyl (C=O) groups is 2. The van der Waals surface area contributed by atoms with E-state index in [1.54, 1.807) is 0 Å². The van der Waals surface area contributed by atoms with Gasteiger partial charge < -0.3 is 9.47 Å². The molecule has 0 fully saturated rings. The molecule has 0 radical (unpaired) electrons. The first-order valence-corrected chi connectivity index (χ1v) is 15.7. The van der Waals surface area contributed by atoms with Crippen molar-refractivity contribution in [2.45, 2.75) is 168 Å². The molecule has 0 spiro atoms. The van der Waals surface area contributed by atoms with Crippen LogP contribution in [0.15, 0.2) is 12.2 Å². The molecule has 0 aliphatic heterocycles. The summed E-state index contributed by atoms with van der Waals surface area (Å²) in [5.41, 5.74) is 0. The summed E-state index contributed by atoms with van der Waals surface area (Å²) in [5.74, 6) is -0.916. The minimum Gasteiger partial charge on any atom is -0.463 e. The van der Waals surface area contributed by atoms with Crippen LogP contribution in [0.5, 0.6) is 0 Å². The van der Waals surface area contributed by atoms with E-state index in [0.717, 1.165) is 25.7 Å². The van der Waals surface area contributed by atoms with E-state index in [2.05, 4.69) is 13.8 Å². The second-order valence-electron chi connectivity index (χ2n) is 10.4. The Bertz CT molecular complexity index is 456. The lowest BCUT2D eigenvalue weighted by Crippen LogP contribution is -2.06. The van der Waals surface area contributed by atoms with E-state index in [9.17, 15) is 9.59 Å². The van der Waals surface area contributed by atoms with Crippen LogP contribution in [0, 0.1) is 0 Å². The van der Waals surface area contributed by atoms with Gasteiger partial charge in [-0.25, -0.2) is 9.59 Å². The molecular weight excluding hydrogens is 448 g/mol. The first kappa shape index (κ1) is 34.7. The molecule has 4 nitrogen and oxygen atoms in total. The maximum Gasteiger partial charge on any atom is 0.331 e. The van der Waals surface area contributed by atoms with Crippen LogP contribution < -0.4 is 0 Å². The van der Waals surface area contributed by atoms with E-state index in [-0.39, 0.29) is 0 Å². The second kappa shape index (κ2) is 29.9. The fourth-order valence-corrected chi connectivity index (χ4v) is 4.46. The minimum atomic E-state index is -0.458. The van der Waals surface area contributed by atoms with Crippen LogP contribution in [0.25, 0.3) is 0 Å². The van der Waals surface area contributed by atoms with E-state index in [1.165, 1.54) is 141 Å². The summed E-state index contributed by atoms with van der Waals surface area (Å²) in [6.45, 7) is 5.37. The van der Waals surface area contributed by atoms with Gasteiger partial charge in [-0.1, -0.05) is 155 Å². The molecule has 0 aromatic rings. The molecule has 0 aliphatic rings. The largest absolute Gasteiger partial charge is 0.463 e. The van der Waals surface area contributed by atoms with Gasteiger partial charge in [0.25, 0.3) is 0 Å². The summed E-state index contributed by atoms with van der Waals surface area (Å²) in [7, 11) is 0. The Balaban J connectivity index is 3.37. The zero-order valence-electron chi connectivity index (χ0n) is 24.2. The normalized spacial score (nSPS) is 11.3. The van der Waals surface area contributed by atoms with E-state index < -0.39 is 11.9 Å². The highest BCUT2D eigenvalue weighted by atomic mass is 16.5. The van der Waals surface area contributed by atoms with Gasteiger partial charge in [0.2, 0.25) is 0 Å². The Morgan fingerprint density at radius 2 is 0.611 bits per heavy atom. The number of esters is 2. The van der Waals surface area contributed by atoms with Crippen molar-refractivity contribution in [1.29, 1.82) is 0 Å². The van der Waals surface area contributed by atoms with Crippen molar-refractivity contribution in [3.63, 3.8) is 0 Å². The molecule has 0 bridgehead atoms. The summed E-state index contributed by atoms with van der Waals surface area (Å²) in [4.78, 5) is 23.4. The van der Waals surface area contributed by atoms with Crippen molar-refractivity contribution in [3.05, 3.63) is 12.2 Å². The fraction of sp³-hybridized carbons (Fsp3) is 0.875. The van der Waals surface area contributed by atoms with Gasteiger partial charge in [-0.3, -0.25) is 0 Å². The molecule has 0 saturated heterocycles. The predicted molar refractivity (Wildman–Crippen MR) is 153 cm³/mol. The Morgan fingerprint density at radius 1 is 0.389 bits per heavy atom. The third kappa shape index (κ3) is 28.9. The first-order chi connectivity index (χ1) is 17.7. The molecule has 4 heteroatoms. The highest BCUT2D eigenvalue weighted by molar-refractivity contribution is 5.91. The average molecular weight is 509 g/mol. The van der Waals surface area contributed by atoms with Crippen LogP contribution in [-0.4, -0.2) is 25.2 Å². The molecule has 0 aromatic heterocycles. The maximum atomic E-state index is 11.7. The number of unbranched alkanes of at least 4 members (excludes halogenated alkanes) is 22. The summed E-state index contributed by atoms with van der Waals surface area (Å²) < 4.78 is 10.3. The molecule has 0 aromatic carbocycles. The van der Waals surface area contributed by atoms with Gasteiger partial charge in [0.05, 0.1) is 13.2 Å². The summed E-state index contributed by atoms with van der Waals surface area (Å²) >= 11 is 0. The molecule has 0 atom stereocenters. The van der Waals surface area contributed by atoms with Crippen molar-refractivity contribution in [2.75, 3.05) is 13.2 Å². The zero-order chi connectivity index (χ0) is 26.4. The quantitative estimate of drug-likeness (QED) is 0.0599. The topological polar surface area (TPSA) is 52.6 Å². The van der Waals surface area contributed by atoms with Crippen molar-refractivity contribution in [2.24, 2.45) is 0 Å². The van der Waals surface area contributed by atoms with Crippen molar-refractivity contribution in [3.8, 4) is 0 Å². The molecule has 0 rings (SSSR count). The van der Waals surface area contributed by atoms with Crippen LogP contribution in [0.2, 0.25) is 0 Å². The molecule has 0 saturated carbocycles. The number of rotatable bonds is 28. The van der Waals surface area contributed by atoms with Crippen LogP contribution in [0.3, 0.4) is 0 Å². The molecular formula is C32H60O4. The van der Waals surface area contributed by atoms with Gasteiger partial charge in [0, 0.05) is 12.2 Å². The second-order valence-corrected chi connectivity index (χ2v) is 10.4. The van der Waals surface area contributed by atoms with Crippen LogP contribution in [-0.2, 0) is 19.1 Å². The SMILES string of the molecule is CCCCCCCCCCCCCCOC(=O)/C=C\C(=O)OCCCCCCCCCCCCCC.